The number of nitrogens with zero attached hydrogens (tertiary/aromatic N) is 4. The van der Waals surface area contributed by atoms with E-state index in [0.717, 1.165) is 19.3 Å². The van der Waals surface area contributed by atoms with Crippen LogP contribution in [0.4, 0.5) is 5.95 Å². The molecule has 0 bridgehead atoms. The van der Waals surface area contributed by atoms with Crippen molar-refractivity contribution in [2.75, 3.05) is 25.0 Å². The molecule has 25 heavy (non-hydrogen) atoms. The maximum atomic E-state index is 12.6. The quantitative estimate of drug-likeness (QED) is 0.918. The van der Waals surface area contributed by atoms with E-state index >= 15 is 0 Å². The largest absolute Gasteiger partial charge is 0.373 e. The van der Waals surface area contributed by atoms with Gasteiger partial charge in [-0.1, -0.05) is 6.07 Å². The molecule has 1 N–H and O–H groups in total. The Morgan fingerprint density at radius 3 is 2.84 bits per heavy atom. The minimum atomic E-state index is -0.283. The number of rotatable bonds is 3. The number of anilines is 1. The van der Waals surface area contributed by atoms with Crippen LogP contribution in [0.2, 0.25) is 0 Å². The lowest BCUT2D eigenvalue weighted by Gasteiger charge is -2.38. The van der Waals surface area contributed by atoms with Crippen LogP contribution in [-0.4, -0.2) is 57.1 Å². The van der Waals surface area contributed by atoms with Gasteiger partial charge >= 0.3 is 0 Å². The van der Waals surface area contributed by atoms with Gasteiger partial charge in [-0.2, -0.15) is 0 Å². The molecule has 2 aliphatic rings. The molecule has 1 spiro atoms. The first-order chi connectivity index (χ1) is 12.2. The van der Waals surface area contributed by atoms with E-state index in [4.69, 9.17) is 4.74 Å². The van der Waals surface area contributed by atoms with Crippen LogP contribution in [0.25, 0.3) is 0 Å². The van der Waals surface area contributed by atoms with Gasteiger partial charge in [0.1, 0.15) is 5.69 Å². The Bertz CT molecular complexity index is 727. The topological polar surface area (TPSA) is 80.2 Å². The summed E-state index contributed by atoms with van der Waals surface area (Å²) in [4.78, 5) is 27.1. The molecule has 2 saturated heterocycles. The molecule has 2 aromatic heterocycles. The van der Waals surface area contributed by atoms with Gasteiger partial charge in [-0.3, -0.25) is 9.78 Å². The van der Waals surface area contributed by atoms with Crippen LogP contribution in [0.15, 0.2) is 42.9 Å². The Hall–Kier alpha value is -2.54. The van der Waals surface area contributed by atoms with Crippen LogP contribution in [0.5, 0.6) is 0 Å². The Morgan fingerprint density at radius 1 is 1.20 bits per heavy atom. The minimum absolute atomic E-state index is 0.0254. The van der Waals surface area contributed by atoms with Crippen molar-refractivity contribution in [1.82, 2.24) is 19.9 Å². The number of amides is 1. The zero-order chi connectivity index (χ0) is 17.1. The fourth-order valence-corrected chi connectivity index (χ4v) is 3.66. The average molecular weight is 339 g/mol. The monoisotopic (exact) mass is 339 g/mol. The van der Waals surface area contributed by atoms with E-state index in [1.54, 1.807) is 30.7 Å². The molecule has 2 aromatic rings. The molecule has 0 unspecified atom stereocenters. The molecule has 2 fully saturated rings. The van der Waals surface area contributed by atoms with Crippen molar-refractivity contribution in [3.05, 3.63) is 48.5 Å². The summed E-state index contributed by atoms with van der Waals surface area (Å²) < 4.78 is 6.12. The van der Waals surface area contributed by atoms with Crippen molar-refractivity contribution >= 4 is 11.9 Å². The maximum absolute atomic E-state index is 12.6. The first-order valence-electron chi connectivity index (χ1n) is 8.62. The molecule has 0 saturated carbocycles. The second-order valence-electron chi connectivity index (χ2n) is 6.63. The number of hydrogen-bond acceptors (Lipinski definition) is 6. The van der Waals surface area contributed by atoms with E-state index in [1.165, 1.54) is 0 Å². The number of aromatic nitrogens is 3. The standard InChI is InChI=1S/C18H21N5O2/c24-16(15-4-1-2-7-19-15)23-10-6-18(13-23)12-14(5-11-25-18)22-17-20-8-3-9-21-17/h1-4,7-9,14H,5-6,10-13H2,(H,20,21,22)/t14-,18-/m1/s1. The van der Waals surface area contributed by atoms with Gasteiger partial charge in [0.25, 0.3) is 5.91 Å². The molecule has 0 aromatic carbocycles. The van der Waals surface area contributed by atoms with E-state index in [-0.39, 0.29) is 17.6 Å². The molecule has 2 aliphatic heterocycles. The summed E-state index contributed by atoms with van der Waals surface area (Å²) in [6.45, 7) is 1.98. The zero-order valence-corrected chi connectivity index (χ0v) is 14.0. The van der Waals surface area contributed by atoms with Crippen LogP contribution < -0.4 is 5.32 Å². The predicted molar refractivity (Wildman–Crippen MR) is 92.1 cm³/mol. The van der Waals surface area contributed by atoms with Gasteiger partial charge in [0.05, 0.1) is 12.1 Å². The normalized spacial score (nSPS) is 25.9. The smallest absolute Gasteiger partial charge is 0.272 e. The van der Waals surface area contributed by atoms with E-state index in [1.807, 2.05) is 17.0 Å². The summed E-state index contributed by atoms with van der Waals surface area (Å²) in [7, 11) is 0. The summed E-state index contributed by atoms with van der Waals surface area (Å²) in [5.74, 6) is 0.617. The highest BCUT2D eigenvalue weighted by atomic mass is 16.5. The Labute approximate surface area is 146 Å². The summed E-state index contributed by atoms with van der Waals surface area (Å²) in [5, 5.41) is 3.39. The van der Waals surface area contributed by atoms with Gasteiger partial charge in [-0.15, -0.1) is 0 Å². The second-order valence-corrected chi connectivity index (χ2v) is 6.63. The number of nitrogens with one attached hydrogen (secondary N) is 1. The second kappa shape index (κ2) is 6.76. The van der Waals surface area contributed by atoms with Gasteiger partial charge in [0.15, 0.2) is 0 Å². The number of carbonyl (C=O) groups is 1. The SMILES string of the molecule is O=C(c1ccccn1)N1CC[C@@]2(C[C@H](Nc3ncccn3)CCO2)C1. The van der Waals surface area contributed by atoms with E-state index in [9.17, 15) is 4.79 Å². The van der Waals surface area contributed by atoms with Gasteiger partial charge < -0.3 is 15.0 Å². The molecular formula is C18H21N5O2. The first kappa shape index (κ1) is 16.0. The summed E-state index contributed by atoms with van der Waals surface area (Å²) >= 11 is 0. The Kier molecular flexibility index (Phi) is 4.31. The van der Waals surface area contributed by atoms with Crippen LogP contribution in [-0.2, 0) is 4.74 Å². The molecule has 2 atom stereocenters. The summed E-state index contributed by atoms with van der Waals surface area (Å²) in [6.07, 6.45) is 7.71. The highest BCUT2D eigenvalue weighted by Crippen LogP contribution is 2.35. The summed E-state index contributed by atoms with van der Waals surface area (Å²) in [6, 6.07) is 7.46. The molecule has 7 nitrogen and oxygen atoms in total. The molecule has 130 valence electrons. The predicted octanol–water partition coefficient (Wildman–Crippen LogP) is 1.75. The number of likely N-dealkylation sites (tertiary alicyclic amines) is 1. The first-order valence-corrected chi connectivity index (χ1v) is 8.62. The molecule has 7 heteroatoms. The third kappa shape index (κ3) is 3.46. The average Bonchev–Trinajstić information content (AvgIpc) is 3.06. The van der Waals surface area contributed by atoms with Crippen molar-refractivity contribution in [1.29, 1.82) is 0 Å². The number of hydrogen-bond donors (Lipinski definition) is 1. The number of pyridine rings is 1. The number of carbonyl (C=O) groups excluding carboxylic acids is 1. The van der Waals surface area contributed by atoms with Crippen LogP contribution >= 0.6 is 0 Å². The molecule has 0 radical (unpaired) electrons. The van der Waals surface area contributed by atoms with Crippen molar-refractivity contribution in [2.24, 2.45) is 0 Å². The van der Waals surface area contributed by atoms with Gasteiger partial charge in [0.2, 0.25) is 5.95 Å². The van der Waals surface area contributed by atoms with E-state index < -0.39 is 0 Å². The molecule has 0 aliphatic carbocycles. The third-order valence-corrected chi connectivity index (χ3v) is 4.88. The van der Waals surface area contributed by atoms with Crippen molar-refractivity contribution in [3.63, 3.8) is 0 Å². The van der Waals surface area contributed by atoms with Crippen LogP contribution in [0.3, 0.4) is 0 Å². The van der Waals surface area contributed by atoms with Crippen molar-refractivity contribution < 1.29 is 9.53 Å². The van der Waals surface area contributed by atoms with Gasteiger partial charge in [-0.05, 0) is 37.5 Å². The highest BCUT2D eigenvalue weighted by Gasteiger charge is 2.45. The van der Waals surface area contributed by atoms with Crippen LogP contribution in [0.1, 0.15) is 29.8 Å². The van der Waals surface area contributed by atoms with E-state index in [0.29, 0.717) is 31.3 Å². The Balaban J connectivity index is 1.41. The molecular weight excluding hydrogens is 318 g/mol. The molecule has 1 amide bonds. The van der Waals surface area contributed by atoms with Crippen molar-refractivity contribution in [2.45, 2.75) is 30.9 Å². The lowest BCUT2D eigenvalue weighted by molar-refractivity contribution is -0.0721. The fraction of sp³-hybridized carbons (Fsp3) is 0.444. The summed E-state index contributed by atoms with van der Waals surface area (Å²) in [5.41, 5.74) is 0.206. The maximum Gasteiger partial charge on any atom is 0.272 e. The van der Waals surface area contributed by atoms with Crippen LogP contribution in [0, 0.1) is 0 Å². The lowest BCUT2D eigenvalue weighted by atomic mass is 9.89. The van der Waals surface area contributed by atoms with Gasteiger partial charge in [-0.25, -0.2) is 9.97 Å². The van der Waals surface area contributed by atoms with E-state index in [2.05, 4.69) is 20.3 Å². The fourth-order valence-electron chi connectivity index (χ4n) is 3.66. The van der Waals surface area contributed by atoms with Gasteiger partial charge in [0, 0.05) is 37.8 Å². The Morgan fingerprint density at radius 2 is 2.04 bits per heavy atom. The third-order valence-electron chi connectivity index (χ3n) is 4.88. The van der Waals surface area contributed by atoms with Crippen molar-refractivity contribution in [3.8, 4) is 0 Å². The lowest BCUT2D eigenvalue weighted by Crippen LogP contribution is -2.47. The highest BCUT2D eigenvalue weighted by molar-refractivity contribution is 5.92. The molecule has 4 heterocycles. The minimum Gasteiger partial charge on any atom is -0.373 e. The number of ether oxygens (including phenoxy) is 1. The molecule has 4 rings (SSSR count). The zero-order valence-electron chi connectivity index (χ0n) is 14.0.